The Kier molecular flexibility index (Phi) is 4.16. The maximum absolute atomic E-state index is 5.17. The summed E-state index contributed by atoms with van der Waals surface area (Å²) in [4.78, 5) is 7.31. The molecule has 78 valence electrons. The molecule has 1 rings (SSSR count). The second-order valence-electron chi connectivity index (χ2n) is 4.33. The van der Waals surface area contributed by atoms with Crippen LogP contribution in [0.4, 0.5) is 0 Å². The Morgan fingerprint density at radius 3 is 2.15 bits per heavy atom. The minimum atomic E-state index is 0.303. The van der Waals surface area contributed by atoms with E-state index in [-0.39, 0.29) is 0 Å². The third-order valence-electron chi connectivity index (χ3n) is 3.23. The second-order valence-corrected chi connectivity index (χ2v) is 4.33. The van der Waals surface area contributed by atoms with Crippen molar-refractivity contribution in [1.82, 2.24) is 4.90 Å². The van der Waals surface area contributed by atoms with E-state index < -0.39 is 0 Å². The molecule has 0 aromatic heterocycles. The molecule has 0 spiro atoms. The van der Waals surface area contributed by atoms with Gasteiger partial charge in [0.1, 0.15) is 0 Å². The Morgan fingerprint density at radius 1 is 1.23 bits per heavy atom. The lowest BCUT2D eigenvalue weighted by Crippen LogP contribution is -2.41. The molecule has 0 bridgehead atoms. The Hall–Kier alpha value is -0.120. The molecule has 0 heterocycles. The number of rotatable bonds is 3. The standard InChI is InChI=1S/C10H22N2O/c1-8(2)12(3)9-4-6-10(13-11)7-5-9/h8-10H,4-7,11H2,1-3H3. The molecule has 0 unspecified atom stereocenters. The maximum Gasteiger partial charge on any atom is 0.0788 e. The fourth-order valence-corrected chi connectivity index (χ4v) is 2.01. The van der Waals surface area contributed by atoms with Crippen LogP contribution in [0.5, 0.6) is 0 Å². The van der Waals surface area contributed by atoms with Crippen LogP contribution in [-0.2, 0) is 4.84 Å². The fourth-order valence-electron chi connectivity index (χ4n) is 2.01. The summed E-state index contributed by atoms with van der Waals surface area (Å²) < 4.78 is 0. The van der Waals surface area contributed by atoms with Crippen molar-refractivity contribution < 1.29 is 4.84 Å². The number of hydrogen-bond acceptors (Lipinski definition) is 3. The molecule has 2 N–H and O–H groups in total. The van der Waals surface area contributed by atoms with E-state index in [0.29, 0.717) is 12.1 Å². The average Bonchev–Trinajstić information content (AvgIpc) is 2.17. The van der Waals surface area contributed by atoms with E-state index in [1.54, 1.807) is 0 Å². The summed E-state index contributed by atoms with van der Waals surface area (Å²) in [5.41, 5.74) is 0. The van der Waals surface area contributed by atoms with E-state index in [4.69, 9.17) is 10.7 Å². The summed E-state index contributed by atoms with van der Waals surface area (Å²) in [6, 6.07) is 1.37. The Labute approximate surface area is 81.2 Å². The third kappa shape index (κ3) is 2.93. The van der Waals surface area contributed by atoms with Gasteiger partial charge in [-0.2, -0.15) is 0 Å². The quantitative estimate of drug-likeness (QED) is 0.679. The molecule has 13 heavy (non-hydrogen) atoms. The van der Waals surface area contributed by atoms with Crippen LogP contribution in [-0.4, -0.2) is 30.1 Å². The monoisotopic (exact) mass is 186 g/mol. The summed E-state index contributed by atoms with van der Waals surface area (Å²) in [5, 5.41) is 0. The molecule has 1 fully saturated rings. The smallest absolute Gasteiger partial charge is 0.0788 e. The second kappa shape index (κ2) is 4.94. The number of nitrogens with two attached hydrogens (primary N) is 1. The van der Waals surface area contributed by atoms with E-state index in [2.05, 4.69) is 25.8 Å². The predicted molar refractivity (Wildman–Crippen MR) is 54.2 cm³/mol. The zero-order valence-electron chi connectivity index (χ0n) is 8.99. The van der Waals surface area contributed by atoms with E-state index in [1.165, 1.54) is 12.8 Å². The van der Waals surface area contributed by atoms with Gasteiger partial charge in [0, 0.05) is 12.1 Å². The van der Waals surface area contributed by atoms with Crippen molar-refractivity contribution in [1.29, 1.82) is 0 Å². The van der Waals surface area contributed by atoms with Crippen LogP contribution in [0.15, 0.2) is 0 Å². The lowest BCUT2D eigenvalue weighted by atomic mass is 9.91. The van der Waals surface area contributed by atoms with Crippen LogP contribution < -0.4 is 5.90 Å². The van der Waals surface area contributed by atoms with E-state index in [0.717, 1.165) is 18.9 Å². The van der Waals surface area contributed by atoms with Crippen molar-refractivity contribution in [3.63, 3.8) is 0 Å². The van der Waals surface area contributed by atoms with Crippen molar-refractivity contribution in [3.05, 3.63) is 0 Å². The molecular weight excluding hydrogens is 164 g/mol. The summed E-state index contributed by atoms with van der Waals surface area (Å²) in [7, 11) is 2.21. The van der Waals surface area contributed by atoms with Crippen molar-refractivity contribution in [3.8, 4) is 0 Å². The minimum absolute atomic E-state index is 0.303. The van der Waals surface area contributed by atoms with Crippen LogP contribution in [0.2, 0.25) is 0 Å². The van der Waals surface area contributed by atoms with Gasteiger partial charge in [-0.25, -0.2) is 5.90 Å². The van der Waals surface area contributed by atoms with Crippen LogP contribution in [0.25, 0.3) is 0 Å². The van der Waals surface area contributed by atoms with Crippen LogP contribution in [0.1, 0.15) is 39.5 Å². The highest BCUT2D eigenvalue weighted by Gasteiger charge is 2.24. The fraction of sp³-hybridized carbons (Fsp3) is 1.00. The van der Waals surface area contributed by atoms with Gasteiger partial charge in [0.05, 0.1) is 6.10 Å². The SMILES string of the molecule is CC(C)N(C)C1CCC(ON)CC1. The molecule has 3 nitrogen and oxygen atoms in total. The lowest BCUT2D eigenvalue weighted by molar-refractivity contribution is 0.00599. The zero-order chi connectivity index (χ0) is 9.84. The van der Waals surface area contributed by atoms with E-state index in [9.17, 15) is 0 Å². The van der Waals surface area contributed by atoms with E-state index >= 15 is 0 Å². The van der Waals surface area contributed by atoms with Crippen LogP contribution >= 0.6 is 0 Å². The van der Waals surface area contributed by atoms with Gasteiger partial charge in [0.25, 0.3) is 0 Å². The van der Waals surface area contributed by atoms with Crippen LogP contribution in [0.3, 0.4) is 0 Å². The first kappa shape index (κ1) is 11.0. The Bertz CT molecular complexity index is 142. The number of nitrogens with zero attached hydrogens (tertiary/aromatic N) is 1. The van der Waals surface area contributed by atoms with Gasteiger partial charge in [-0.1, -0.05) is 0 Å². The summed E-state index contributed by atoms with van der Waals surface area (Å²) >= 11 is 0. The highest BCUT2D eigenvalue weighted by Crippen LogP contribution is 2.24. The van der Waals surface area contributed by atoms with Gasteiger partial charge in [0.15, 0.2) is 0 Å². The molecule has 0 radical (unpaired) electrons. The molecule has 0 aliphatic heterocycles. The van der Waals surface area contributed by atoms with Crippen molar-refractivity contribution in [2.24, 2.45) is 5.90 Å². The first-order valence-corrected chi connectivity index (χ1v) is 5.22. The minimum Gasteiger partial charge on any atom is -0.301 e. The first-order valence-electron chi connectivity index (χ1n) is 5.22. The topological polar surface area (TPSA) is 38.5 Å². The summed E-state index contributed by atoms with van der Waals surface area (Å²) in [6.45, 7) is 4.48. The normalized spacial score (nSPS) is 30.0. The summed E-state index contributed by atoms with van der Waals surface area (Å²) in [6.07, 6.45) is 4.96. The van der Waals surface area contributed by atoms with Gasteiger partial charge in [0.2, 0.25) is 0 Å². The molecule has 0 atom stereocenters. The van der Waals surface area contributed by atoms with Crippen LogP contribution in [0, 0.1) is 0 Å². The Morgan fingerprint density at radius 2 is 1.77 bits per heavy atom. The molecular formula is C10H22N2O. The first-order chi connectivity index (χ1) is 6.15. The van der Waals surface area contributed by atoms with Gasteiger partial charge in [-0.05, 0) is 46.6 Å². The van der Waals surface area contributed by atoms with E-state index in [1.807, 2.05) is 0 Å². The van der Waals surface area contributed by atoms with Gasteiger partial charge in [-0.3, -0.25) is 0 Å². The molecule has 0 aromatic rings. The summed E-state index contributed by atoms with van der Waals surface area (Å²) in [5.74, 6) is 5.17. The van der Waals surface area contributed by atoms with Crippen molar-refractivity contribution in [2.75, 3.05) is 7.05 Å². The largest absolute Gasteiger partial charge is 0.301 e. The molecule has 1 aliphatic rings. The predicted octanol–water partition coefficient (Wildman–Crippen LogP) is 1.53. The molecule has 1 saturated carbocycles. The third-order valence-corrected chi connectivity index (χ3v) is 3.23. The highest BCUT2D eigenvalue weighted by atomic mass is 16.6. The van der Waals surface area contributed by atoms with Gasteiger partial charge >= 0.3 is 0 Å². The molecule has 1 aliphatic carbocycles. The average molecular weight is 186 g/mol. The molecule has 0 saturated heterocycles. The number of hydrogen-bond donors (Lipinski definition) is 1. The van der Waals surface area contributed by atoms with Gasteiger partial charge < -0.3 is 9.74 Å². The highest BCUT2D eigenvalue weighted by molar-refractivity contribution is 4.79. The zero-order valence-corrected chi connectivity index (χ0v) is 8.99. The Balaban J connectivity index is 2.32. The van der Waals surface area contributed by atoms with Gasteiger partial charge in [-0.15, -0.1) is 0 Å². The van der Waals surface area contributed by atoms with Crippen molar-refractivity contribution in [2.45, 2.75) is 57.7 Å². The lowest BCUT2D eigenvalue weighted by Gasteiger charge is -2.36. The molecule has 0 amide bonds. The molecule has 3 heteroatoms. The van der Waals surface area contributed by atoms with Crippen molar-refractivity contribution >= 4 is 0 Å². The molecule has 0 aromatic carbocycles. The maximum atomic E-state index is 5.17.